The third-order valence-electron chi connectivity index (χ3n) is 5.67. The molecule has 0 aliphatic carbocycles. The third kappa shape index (κ3) is 5.21. The van der Waals surface area contributed by atoms with E-state index in [1.165, 1.54) is 4.31 Å². The Labute approximate surface area is 201 Å². The summed E-state index contributed by atoms with van der Waals surface area (Å²) in [6, 6.07) is 24.3. The second-order valence-electron chi connectivity index (χ2n) is 8.05. The maximum atomic E-state index is 13.0. The zero-order chi connectivity index (χ0) is 24.0. The van der Waals surface area contributed by atoms with Crippen LogP contribution in [0.25, 0.3) is 11.0 Å². The van der Waals surface area contributed by atoms with Crippen LogP contribution in [-0.4, -0.2) is 35.9 Å². The number of aryl methyl sites for hydroxylation is 1. The standard InChI is InChI=1S/C27H29N3O3S/c1-3-12-22-13-7-10-18-26(22)33-20-11-19-30-25-17-9-8-16-24(25)28-27(30)21-29(2)34(31,32)23-14-5-4-6-15-23/h3-10,13-18H,1,11-12,19-21H2,2H3. The summed E-state index contributed by atoms with van der Waals surface area (Å²) in [4.78, 5) is 5.01. The Morgan fingerprint density at radius 2 is 1.71 bits per heavy atom. The highest BCUT2D eigenvalue weighted by molar-refractivity contribution is 7.89. The van der Waals surface area contributed by atoms with Crippen LogP contribution in [0, 0.1) is 0 Å². The summed E-state index contributed by atoms with van der Waals surface area (Å²) in [7, 11) is -2.03. The number of aromatic nitrogens is 2. The van der Waals surface area contributed by atoms with Crippen LogP contribution in [0.2, 0.25) is 0 Å². The van der Waals surface area contributed by atoms with Gasteiger partial charge in [-0.2, -0.15) is 4.31 Å². The topological polar surface area (TPSA) is 64.4 Å². The molecule has 4 aromatic rings. The minimum Gasteiger partial charge on any atom is -0.493 e. The van der Waals surface area contributed by atoms with Gasteiger partial charge in [0.25, 0.3) is 0 Å². The molecule has 6 nitrogen and oxygen atoms in total. The van der Waals surface area contributed by atoms with Gasteiger partial charge in [0.05, 0.1) is 29.1 Å². The summed E-state index contributed by atoms with van der Waals surface area (Å²) >= 11 is 0. The average molecular weight is 476 g/mol. The normalized spacial score (nSPS) is 11.7. The first-order valence-corrected chi connectivity index (χ1v) is 12.7. The fourth-order valence-electron chi connectivity index (χ4n) is 3.93. The van der Waals surface area contributed by atoms with Gasteiger partial charge in [0.15, 0.2) is 0 Å². The predicted octanol–water partition coefficient (Wildman–Crippen LogP) is 5.05. The Morgan fingerprint density at radius 3 is 2.50 bits per heavy atom. The van der Waals surface area contributed by atoms with Crippen molar-refractivity contribution in [3.63, 3.8) is 0 Å². The maximum Gasteiger partial charge on any atom is 0.243 e. The smallest absolute Gasteiger partial charge is 0.243 e. The number of sulfonamides is 1. The van der Waals surface area contributed by atoms with E-state index in [1.807, 2.05) is 54.6 Å². The largest absolute Gasteiger partial charge is 0.493 e. The summed E-state index contributed by atoms with van der Waals surface area (Å²) < 4.78 is 35.5. The molecule has 0 N–H and O–H groups in total. The van der Waals surface area contributed by atoms with Gasteiger partial charge in [-0.05, 0) is 48.7 Å². The Kier molecular flexibility index (Phi) is 7.45. The van der Waals surface area contributed by atoms with E-state index in [0.717, 1.165) is 35.2 Å². The number of allylic oxidation sites excluding steroid dienone is 1. The molecule has 0 saturated heterocycles. The lowest BCUT2D eigenvalue weighted by atomic mass is 10.1. The first-order chi connectivity index (χ1) is 16.5. The summed E-state index contributed by atoms with van der Waals surface area (Å²) in [6.45, 7) is 5.19. The first kappa shape index (κ1) is 23.7. The molecule has 0 bridgehead atoms. The van der Waals surface area contributed by atoms with Gasteiger partial charge in [0, 0.05) is 13.6 Å². The van der Waals surface area contributed by atoms with Gasteiger partial charge in [-0.25, -0.2) is 13.4 Å². The van der Waals surface area contributed by atoms with Crippen molar-refractivity contribution in [2.75, 3.05) is 13.7 Å². The van der Waals surface area contributed by atoms with Crippen molar-refractivity contribution in [2.45, 2.75) is 30.8 Å². The number of rotatable bonds is 11. The number of nitrogens with zero attached hydrogens (tertiary/aromatic N) is 3. The Hall–Kier alpha value is -3.42. The van der Waals surface area contributed by atoms with Crippen molar-refractivity contribution in [1.82, 2.24) is 13.9 Å². The Morgan fingerprint density at radius 1 is 1.00 bits per heavy atom. The highest BCUT2D eigenvalue weighted by atomic mass is 32.2. The summed E-state index contributed by atoms with van der Waals surface area (Å²) in [5.41, 5.74) is 2.94. The number of ether oxygens (including phenoxy) is 1. The number of hydrogen-bond acceptors (Lipinski definition) is 4. The SMILES string of the molecule is C=CCc1ccccc1OCCCn1c(CN(C)S(=O)(=O)c2ccccc2)nc2ccccc21. The van der Waals surface area contributed by atoms with Crippen LogP contribution in [0.1, 0.15) is 17.8 Å². The minimum atomic E-state index is -3.62. The predicted molar refractivity (Wildman–Crippen MR) is 135 cm³/mol. The molecule has 0 aliphatic rings. The average Bonchev–Trinajstić information content (AvgIpc) is 3.20. The molecule has 1 heterocycles. The highest BCUT2D eigenvalue weighted by Crippen LogP contribution is 2.22. The van der Waals surface area contributed by atoms with Crippen LogP contribution in [0.3, 0.4) is 0 Å². The van der Waals surface area contributed by atoms with Gasteiger partial charge in [-0.15, -0.1) is 6.58 Å². The zero-order valence-electron chi connectivity index (χ0n) is 19.3. The van der Waals surface area contributed by atoms with E-state index in [9.17, 15) is 8.42 Å². The van der Waals surface area contributed by atoms with Gasteiger partial charge in [0.1, 0.15) is 11.6 Å². The van der Waals surface area contributed by atoms with E-state index in [2.05, 4.69) is 11.1 Å². The fourth-order valence-corrected chi connectivity index (χ4v) is 5.07. The number of hydrogen-bond donors (Lipinski definition) is 0. The van der Waals surface area contributed by atoms with Crippen molar-refractivity contribution in [2.24, 2.45) is 0 Å². The molecule has 0 aliphatic heterocycles. The zero-order valence-corrected chi connectivity index (χ0v) is 20.1. The van der Waals surface area contributed by atoms with Crippen LogP contribution in [-0.2, 0) is 29.5 Å². The second-order valence-corrected chi connectivity index (χ2v) is 10.1. The van der Waals surface area contributed by atoms with Crippen molar-refractivity contribution < 1.29 is 13.2 Å². The summed E-state index contributed by atoms with van der Waals surface area (Å²) in [6.07, 6.45) is 3.38. The van der Waals surface area contributed by atoms with Crippen LogP contribution in [0.15, 0.2) is 96.4 Å². The van der Waals surface area contributed by atoms with E-state index in [1.54, 1.807) is 37.4 Å². The molecule has 7 heteroatoms. The van der Waals surface area contributed by atoms with E-state index < -0.39 is 10.0 Å². The quantitative estimate of drug-likeness (QED) is 0.225. The van der Waals surface area contributed by atoms with Crippen molar-refractivity contribution >= 4 is 21.1 Å². The van der Waals surface area contributed by atoms with Crippen molar-refractivity contribution in [3.8, 4) is 5.75 Å². The molecule has 0 radical (unpaired) electrons. The monoisotopic (exact) mass is 475 g/mol. The molecule has 4 rings (SSSR count). The van der Waals surface area contributed by atoms with Gasteiger partial charge >= 0.3 is 0 Å². The molecule has 0 unspecified atom stereocenters. The fraction of sp³-hybridized carbons (Fsp3) is 0.222. The molecule has 1 aromatic heterocycles. The number of para-hydroxylation sites is 3. The molecular formula is C27H29N3O3S. The van der Waals surface area contributed by atoms with Crippen LogP contribution < -0.4 is 4.74 Å². The summed E-state index contributed by atoms with van der Waals surface area (Å²) in [5, 5.41) is 0. The van der Waals surface area contributed by atoms with Gasteiger partial charge in [-0.3, -0.25) is 0 Å². The maximum absolute atomic E-state index is 13.0. The molecule has 0 amide bonds. The van der Waals surface area contributed by atoms with Gasteiger partial charge in [-0.1, -0.05) is 54.6 Å². The third-order valence-corrected chi connectivity index (χ3v) is 7.49. The highest BCUT2D eigenvalue weighted by Gasteiger charge is 2.23. The number of fused-ring (bicyclic) bond motifs is 1. The lowest BCUT2D eigenvalue weighted by Gasteiger charge is -2.18. The number of benzene rings is 3. The minimum absolute atomic E-state index is 0.176. The molecule has 0 spiro atoms. The van der Waals surface area contributed by atoms with Gasteiger partial charge in [0.2, 0.25) is 10.0 Å². The van der Waals surface area contributed by atoms with Crippen molar-refractivity contribution in [1.29, 1.82) is 0 Å². The van der Waals surface area contributed by atoms with Crippen LogP contribution >= 0.6 is 0 Å². The molecule has 0 fully saturated rings. The van der Waals surface area contributed by atoms with E-state index in [0.29, 0.717) is 19.0 Å². The Balaban J connectivity index is 1.50. The van der Waals surface area contributed by atoms with Gasteiger partial charge < -0.3 is 9.30 Å². The molecule has 176 valence electrons. The van der Waals surface area contributed by atoms with E-state index in [4.69, 9.17) is 9.72 Å². The lowest BCUT2D eigenvalue weighted by molar-refractivity contribution is 0.298. The second kappa shape index (κ2) is 10.7. The van der Waals surface area contributed by atoms with Crippen LogP contribution in [0.4, 0.5) is 0 Å². The van der Waals surface area contributed by atoms with E-state index >= 15 is 0 Å². The summed E-state index contributed by atoms with van der Waals surface area (Å²) in [5.74, 6) is 1.57. The molecular weight excluding hydrogens is 446 g/mol. The van der Waals surface area contributed by atoms with Crippen molar-refractivity contribution in [3.05, 3.63) is 103 Å². The van der Waals surface area contributed by atoms with Crippen LogP contribution in [0.5, 0.6) is 5.75 Å². The lowest BCUT2D eigenvalue weighted by Crippen LogP contribution is -2.28. The first-order valence-electron chi connectivity index (χ1n) is 11.3. The molecule has 34 heavy (non-hydrogen) atoms. The Bertz CT molecular complexity index is 1360. The molecule has 3 aromatic carbocycles. The molecule has 0 saturated carbocycles. The molecule has 0 atom stereocenters. The van der Waals surface area contributed by atoms with E-state index in [-0.39, 0.29) is 11.4 Å². The number of imidazole rings is 1.